The van der Waals surface area contributed by atoms with Crippen molar-refractivity contribution in [3.63, 3.8) is 0 Å². The van der Waals surface area contributed by atoms with Crippen molar-refractivity contribution in [2.24, 2.45) is 5.92 Å². The van der Waals surface area contributed by atoms with E-state index in [-0.39, 0.29) is 24.0 Å². The maximum atomic E-state index is 13.9. The number of rotatable bonds is 13. The van der Waals surface area contributed by atoms with Gasteiger partial charge in [-0.05, 0) is 43.2 Å². The van der Waals surface area contributed by atoms with E-state index in [1.54, 1.807) is 42.5 Å². The fourth-order valence-corrected chi connectivity index (χ4v) is 6.16. The fraction of sp³-hybridized carbons (Fsp3) is 0.464. The predicted molar refractivity (Wildman–Crippen MR) is 152 cm³/mol. The van der Waals surface area contributed by atoms with Crippen molar-refractivity contribution in [2.45, 2.75) is 63.6 Å². The lowest BCUT2D eigenvalue weighted by Gasteiger charge is -2.25. The molecule has 0 bridgehead atoms. The molecule has 13 nitrogen and oxygen atoms in total. The Kier molecular flexibility index (Phi) is 9.89. The van der Waals surface area contributed by atoms with Gasteiger partial charge in [0.1, 0.15) is 36.2 Å². The van der Waals surface area contributed by atoms with Crippen LogP contribution in [-0.2, 0) is 29.0 Å². The lowest BCUT2D eigenvalue weighted by atomic mass is 9.92. The molecule has 0 unspecified atom stereocenters. The van der Waals surface area contributed by atoms with E-state index in [9.17, 15) is 24.8 Å². The Balaban J connectivity index is 1.53. The van der Waals surface area contributed by atoms with Crippen LogP contribution in [-0.4, -0.2) is 63.4 Å². The van der Waals surface area contributed by atoms with E-state index in [4.69, 9.17) is 24.3 Å². The number of hydrogen-bond donors (Lipinski definition) is 4. The summed E-state index contributed by atoms with van der Waals surface area (Å²) >= 11 is 0. The Morgan fingerprint density at radius 1 is 1.24 bits per heavy atom. The summed E-state index contributed by atoms with van der Waals surface area (Å²) in [5, 5.41) is 38.8. The SMILES string of the molecule is CCC(CC)COC(=O)[C@H](C)N[P@@](=O)(OC[C@H]1O[C@@](C#N)(c2ccc3c(N)ccnn23)[C@H](O)[C@@H]1O)Oc1ccccc1. The zero-order chi connectivity index (χ0) is 30.5. The molecule has 1 aliphatic heterocycles. The first-order valence-corrected chi connectivity index (χ1v) is 15.2. The maximum Gasteiger partial charge on any atom is 0.459 e. The number of esters is 1. The van der Waals surface area contributed by atoms with Crippen LogP contribution in [0.1, 0.15) is 39.3 Å². The van der Waals surface area contributed by atoms with Crippen molar-refractivity contribution in [2.75, 3.05) is 18.9 Å². The van der Waals surface area contributed by atoms with Gasteiger partial charge in [0.25, 0.3) is 0 Å². The van der Waals surface area contributed by atoms with Crippen LogP contribution in [0, 0.1) is 17.2 Å². The second kappa shape index (κ2) is 13.2. The third-order valence-corrected chi connectivity index (χ3v) is 8.93. The highest BCUT2D eigenvalue weighted by atomic mass is 31.2. The van der Waals surface area contributed by atoms with E-state index in [0.29, 0.717) is 11.2 Å². The number of nitrogens with one attached hydrogen (secondary N) is 1. The van der Waals surface area contributed by atoms with Crippen LogP contribution in [0.3, 0.4) is 0 Å². The molecule has 1 aromatic carbocycles. The van der Waals surface area contributed by atoms with Crippen LogP contribution in [0.5, 0.6) is 5.75 Å². The zero-order valence-electron chi connectivity index (χ0n) is 23.6. The molecule has 0 amide bonds. The Morgan fingerprint density at radius 2 is 1.95 bits per heavy atom. The van der Waals surface area contributed by atoms with E-state index in [0.717, 1.165) is 12.8 Å². The van der Waals surface area contributed by atoms with Crippen molar-refractivity contribution in [1.82, 2.24) is 14.7 Å². The number of fused-ring (bicyclic) bond motifs is 1. The van der Waals surface area contributed by atoms with Gasteiger partial charge in [-0.25, -0.2) is 9.08 Å². The second-order valence-electron chi connectivity index (χ2n) is 10.1. The minimum atomic E-state index is -4.31. The highest BCUT2D eigenvalue weighted by Gasteiger charge is 2.58. The number of nitrogens with two attached hydrogens (primary N) is 1. The molecule has 42 heavy (non-hydrogen) atoms. The number of nitrogens with zero attached hydrogens (tertiary/aromatic N) is 3. The summed E-state index contributed by atoms with van der Waals surface area (Å²) in [5.74, 6) is -0.263. The molecule has 0 saturated carbocycles. The Labute approximate surface area is 243 Å². The van der Waals surface area contributed by atoms with Gasteiger partial charge in [0, 0.05) is 6.20 Å². The molecule has 1 aliphatic rings. The Morgan fingerprint density at radius 3 is 2.62 bits per heavy atom. The van der Waals surface area contributed by atoms with Gasteiger partial charge in [0.2, 0.25) is 5.60 Å². The lowest BCUT2D eigenvalue weighted by Crippen LogP contribution is -2.41. The van der Waals surface area contributed by atoms with E-state index in [1.807, 2.05) is 19.9 Å². The van der Waals surface area contributed by atoms with Gasteiger partial charge in [0.05, 0.1) is 30.1 Å². The maximum absolute atomic E-state index is 13.9. The first-order valence-electron chi connectivity index (χ1n) is 13.7. The van der Waals surface area contributed by atoms with Gasteiger partial charge in [0.15, 0.2) is 0 Å². The molecule has 14 heteroatoms. The molecule has 6 atom stereocenters. The van der Waals surface area contributed by atoms with Crippen LogP contribution in [0.4, 0.5) is 5.69 Å². The number of aliphatic hydroxyl groups is 2. The molecular weight excluding hydrogens is 565 g/mol. The molecule has 0 radical (unpaired) electrons. The largest absolute Gasteiger partial charge is 0.464 e. The summed E-state index contributed by atoms with van der Waals surface area (Å²) in [4.78, 5) is 12.7. The number of nitriles is 1. The summed E-state index contributed by atoms with van der Waals surface area (Å²) in [6, 6.07) is 13.7. The van der Waals surface area contributed by atoms with E-state index in [2.05, 4.69) is 10.2 Å². The smallest absolute Gasteiger partial charge is 0.459 e. The highest BCUT2D eigenvalue weighted by Crippen LogP contribution is 2.47. The third-order valence-electron chi connectivity index (χ3n) is 7.29. The standard InChI is InChI=1S/C28H36N5O8P/c1-4-19(5-2)15-38-27(36)18(3)32-42(37,41-20-9-7-6-8-10-20)39-16-23-25(34)26(35)28(17-29,40-23)24-12-11-22-21(30)13-14-31-33(22)24/h6-14,18-19,23,25-26,34-35H,4-5,15-16,30H2,1-3H3,(H,32,37)/t18-,23+,25+,26+,28-,42+/m0/s1. The first-order chi connectivity index (χ1) is 20.1. The van der Waals surface area contributed by atoms with Crippen molar-refractivity contribution < 1.29 is 38.1 Å². The molecule has 1 fully saturated rings. The number of hydrogen-bond acceptors (Lipinski definition) is 11. The molecule has 4 rings (SSSR count). The van der Waals surface area contributed by atoms with Crippen molar-refractivity contribution in [3.05, 3.63) is 60.4 Å². The number of anilines is 1. The molecule has 0 spiro atoms. The molecule has 3 aromatic rings. The predicted octanol–water partition coefficient (Wildman–Crippen LogP) is 2.92. The zero-order valence-corrected chi connectivity index (χ0v) is 24.5. The van der Waals surface area contributed by atoms with E-state index < -0.39 is 50.3 Å². The monoisotopic (exact) mass is 601 g/mol. The number of aliphatic hydroxyl groups excluding tert-OH is 2. The summed E-state index contributed by atoms with van der Waals surface area (Å²) in [7, 11) is -4.31. The summed E-state index contributed by atoms with van der Waals surface area (Å²) < 4.78 is 37.9. The summed E-state index contributed by atoms with van der Waals surface area (Å²) in [6.07, 6.45) is -1.56. The van der Waals surface area contributed by atoms with Gasteiger partial charge in [-0.2, -0.15) is 15.4 Å². The van der Waals surface area contributed by atoms with Crippen LogP contribution < -0.4 is 15.3 Å². The Hall–Kier alpha value is -3.50. The second-order valence-corrected chi connectivity index (χ2v) is 11.8. The average Bonchev–Trinajstić information content (AvgIpc) is 3.53. The number of nitrogen functional groups attached to an aromatic ring is 1. The minimum Gasteiger partial charge on any atom is -0.464 e. The van der Waals surface area contributed by atoms with E-state index in [1.165, 1.54) is 23.7 Å². The van der Waals surface area contributed by atoms with Crippen LogP contribution >= 0.6 is 7.75 Å². The number of ether oxygens (including phenoxy) is 2. The van der Waals surface area contributed by atoms with Crippen molar-refractivity contribution in [3.8, 4) is 11.8 Å². The number of carbonyl (C=O) groups excluding carboxylic acids is 1. The van der Waals surface area contributed by atoms with E-state index >= 15 is 0 Å². The van der Waals surface area contributed by atoms with Gasteiger partial charge in [-0.1, -0.05) is 44.9 Å². The van der Waals surface area contributed by atoms with Crippen molar-refractivity contribution in [1.29, 1.82) is 5.26 Å². The van der Waals surface area contributed by atoms with Crippen LogP contribution in [0.25, 0.3) is 5.52 Å². The number of benzene rings is 1. The minimum absolute atomic E-state index is 0.136. The fourth-order valence-electron chi connectivity index (χ4n) is 4.66. The number of carbonyl (C=O) groups is 1. The van der Waals surface area contributed by atoms with Gasteiger partial charge in [-0.15, -0.1) is 0 Å². The molecule has 5 N–H and O–H groups in total. The summed E-state index contributed by atoms with van der Waals surface area (Å²) in [6.45, 7) is 5.10. The first kappa shape index (κ1) is 31.4. The van der Waals surface area contributed by atoms with Gasteiger partial charge >= 0.3 is 13.7 Å². The normalized spacial score (nSPS) is 24.3. The quantitative estimate of drug-likeness (QED) is 0.166. The topological polar surface area (TPSA) is 191 Å². The molecule has 3 heterocycles. The van der Waals surface area contributed by atoms with Crippen molar-refractivity contribution >= 4 is 24.9 Å². The third kappa shape index (κ3) is 6.44. The average molecular weight is 602 g/mol. The van der Waals surface area contributed by atoms with Crippen LogP contribution in [0.15, 0.2) is 54.7 Å². The molecule has 1 saturated heterocycles. The van der Waals surface area contributed by atoms with Gasteiger partial charge < -0.3 is 29.9 Å². The molecule has 2 aromatic heterocycles. The molecular formula is C28H36N5O8P. The lowest BCUT2D eigenvalue weighted by molar-refractivity contribution is -0.146. The number of para-hydroxylation sites is 1. The Bertz CT molecular complexity index is 1460. The molecule has 226 valence electrons. The highest BCUT2D eigenvalue weighted by molar-refractivity contribution is 7.52. The van der Waals surface area contributed by atoms with Gasteiger partial charge in [-0.3, -0.25) is 9.32 Å². The summed E-state index contributed by atoms with van der Waals surface area (Å²) in [5.41, 5.74) is 4.95. The number of aromatic nitrogens is 2. The van der Waals surface area contributed by atoms with Crippen LogP contribution in [0.2, 0.25) is 0 Å². The molecule has 0 aliphatic carbocycles.